The van der Waals surface area contributed by atoms with Gasteiger partial charge in [0.2, 0.25) is 22.9 Å². The SMILES string of the molecule is COc1coc(CN2CCC[C@@H]2c2nc(-c3ccccc3)no2)cc1=O. The fraction of sp³-hybridized carbons (Fsp3) is 0.316. The highest BCUT2D eigenvalue weighted by Gasteiger charge is 2.31. The van der Waals surface area contributed by atoms with E-state index in [4.69, 9.17) is 13.7 Å². The summed E-state index contributed by atoms with van der Waals surface area (Å²) in [6.45, 7) is 1.39. The highest BCUT2D eigenvalue weighted by Crippen LogP contribution is 2.33. The molecule has 4 rings (SSSR count). The Labute approximate surface area is 150 Å². The number of rotatable bonds is 5. The summed E-state index contributed by atoms with van der Waals surface area (Å²) in [6, 6.07) is 11.2. The minimum absolute atomic E-state index is 0.0207. The topological polar surface area (TPSA) is 81.6 Å². The monoisotopic (exact) mass is 353 g/mol. The predicted molar refractivity (Wildman–Crippen MR) is 93.6 cm³/mol. The molecule has 134 valence electrons. The number of benzene rings is 1. The van der Waals surface area contributed by atoms with Crippen LogP contribution in [-0.2, 0) is 6.54 Å². The first kappa shape index (κ1) is 16.5. The third-order valence-electron chi connectivity index (χ3n) is 4.55. The average Bonchev–Trinajstić information content (AvgIpc) is 3.32. The summed E-state index contributed by atoms with van der Waals surface area (Å²) >= 11 is 0. The summed E-state index contributed by atoms with van der Waals surface area (Å²) in [4.78, 5) is 18.7. The van der Waals surface area contributed by atoms with Gasteiger partial charge < -0.3 is 13.7 Å². The number of hydrogen-bond donors (Lipinski definition) is 0. The Morgan fingerprint density at radius 3 is 2.92 bits per heavy atom. The van der Waals surface area contributed by atoms with Crippen LogP contribution in [0.5, 0.6) is 5.75 Å². The van der Waals surface area contributed by atoms with Crippen LogP contribution in [0.4, 0.5) is 0 Å². The Balaban J connectivity index is 1.53. The Kier molecular flexibility index (Phi) is 4.53. The van der Waals surface area contributed by atoms with Crippen molar-refractivity contribution >= 4 is 0 Å². The lowest BCUT2D eigenvalue weighted by molar-refractivity contribution is 0.186. The van der Waals surface area contributed by atoms with Gasteiger partial charge in [0.15, 0.2) is 0 Å². The Hall–Kier alpha value is -2.93. The predicted octanol–water partition coefficient (Wildman–Crippen LogP) is 3.04. The van der Waals surface area contributed by atoms with E-state index >= 15 is 0 Å². The molecular weight excluding hydrogens is 334 g/mol. The second-order valence-electron chi connectivity index (χ2n) is 6.23. The average molecular weight is 353 g/mol. The summed E-state index contributed by atoms with van der Waals surface area (Å²) < 4.78 is 16.0. The number of ether oxygens (including phenoxy) is 1. The lowest BCUT2D eigenvalue weighted by Crippen LogP contribution is -2.23. The van der Waals surface area contributed by atoms with Gasteiger partial charge in [0.25, 0.3) is 0 Å². The molecule has 0 unspecified atom stereocenters. The van der Waals surface area contributed by atoms with E-state index in [0.717, 1.165) is 24.9 Å². The lowest BCUT2D eigenvalue weighted by atomic mass is 10.2. The largest absolute Gasteiger partial charge is 0.490 e. The van der Waals surface area contributed by atoms with Crippen molar-refractivity contribution in [3.8, 4) is 17.1 Å². The summed E-state index contributed by atoms with van der Waals surface area (Å²) in [5.74, 6) is 1.97. The molecule has 1 aromatic carbocycles. The number of hydrogen-bond acceptors (Lipinski definition) is 7. The highest BCUT2D eigenvalue weighted by molar-refractivity contribution is 5.53. The van der Waals surface area contributed by atoms with Crippen molar-refractivity contribution in [3.63, 3.8) is 0 Å². The van der Waals surface area contributed by atoms with Crippen LogP contribution in [0.3, 0.4) is 0 Å². The van der Waals surface area contributed by atoms with E-state index in [-0.39, 0.29) is 17.2 Å². The molecule has 3 heterocycles. The van der Waals surface area contributed by atoms with Crippen LogP contribution in [0, 0.1) is 0 Å². The van der Waals surface area contributed by atoms with Crippen LogP contribution in [-0.4, -0.2) is 28.7 Å². The van der Waals surface area contributed by atoms with Crippen LogP contribution in [0.2, 0.25) is 0 Å². The molecule has 1 aliphatic heterocycles. The second kappa shape index (κ2) is 7.13. The first-order valence-electron chi connectivity index (χ1n) is 8.53. The van der Waals surface area contributed by atoms with E-state index in [0.29, 0.717) is 24.0 Å². The number of methoxy groups -OCH3 is 1. The molecule has 0 aliphatic carbocycles. The van der Waals surface area contributed by atoms with Crippen LogP contribution < -0.4 is 10.2 Å². The van der Waals surface area contributed by atoms with Gasteiger partial charge in [-0.2, -0.15) is 4.98 Å². The molecule has 7 nitrogen and oxygen atoms in total. The summed E-state index contributed by atoms with van der Waals surface area (Å²) in [5, 5.41) is 4.11. The van der Waals surface area contributed by atoms with Gasteiger partial charge in [0.05, 0.1) is 19.7 Å². The van der Waals surface area contributed by atoms with Gasteiger partial charge in [-0.25, -0.2) is 0 Å². The summed E-state index contributed by atoms with van der Waals surface area (Å²) in [5.41, 5.74) is 0.738. The molecule has 0 bridgehead atoms. The van der Waals surface area contributed by atoms with Gasteiger partial charge >= 0.3 is 0 Å². The van der Waals surface area contributed by atoms with Crippen molar-refractivity contribution in [1.29, 1.82) is 0 Å². The Bertz CT molecular complexity index is 935. The van der Waals surface area contributed by atoms with Crippen LogP contribution in [0.25, 0.3) is 11.4 Å². The van der Waals surface area contributed by atoms with E-state index in [9.17, 15) is 4.79 Å². The van der Waals surface area contributed by atoms with Crippen molar-refractivity contribution in [2.24, 2.45) is 0 Å². The van der Waals surface area contributed by atoms with E-state index in [1.807, 2.05) is 30.3 Å². The molecule has 2 aromatic heterocycles. The lowest BCUT2D eigenvalue weighted by Gasteiger charge is -2.20. The molecule has 0 amide bonds. The molecule has 7 heteroatoms. The molecule has 0 N–H and O–H groups in total. The van der Waals surface area contributed by atoms with Crippen molar-refractivity contribution in [3.05, 3.63) is 64.5 Å². The molecule has 1 saturated heterocycles. The minimum Gasteiger partial charge on any atom is -0.490 e. The van der Waals surface area contributed by atoms with Gasteiger partial charge in [-0.3, -0.25) is 9.69 Å². The van der Waals surface area contributed by atoms with Crippen LogP contribution in [0.15, 0.2) is 56.4 Å². The van der Waals surface area contributed by atoms with Gasteiger partial charge in [-0.05, 0) is 19.4 Å². The third-order valence-corrected chi connectivity index (χ3v) is 4.55. The maximum atomic E-state index is 11.9. The molecular formula is C19H19N3O4. The second-order valence-corrected chi connectivity index (χ2v) is 6.23. The quantitative estimate of drug-likeness (QED) is 0.697. The standard InChI is InChI=1S/C19H19N3O4/c1-24-17-12-25-14(10-16(17)23)11-22-9-5-8-15(22)19-20-18(21-26-19)13-6-3-2-4-7-13/h2-4,6-7,10,12,15H,5,8-9,11H2,1H3/t15-/m1/s1. The third kappa shape index (κ3) is 3.25. The normalized spacial score (nSPS) is 17.5. The van der Waals surface area contributed by atoms with E-state index in [1.165, 1.54) is 19.4 Å². The van der Waals surface area contributed by atoms with Gasteiger partial charge in [0, 0.05) is 11.6 Å². The molecule has 3 aromatic rings. The summed E-state index contributed by atoms with van der Waals surface area (Å²) in [6.07, 6.45) is 3.30. The number of aromatic nitrogens is 2. The first-order chi connectivity index (χ1) is 12.7. The zero-order chi connectivity index (χ0) is 17.9. The minimum atomic E-state index is -0.186. The van der Waals surface area contributed by atoms with Crippen LogP contribution in [0.1, 0.15) is 30.5 Å². The smallest absolute Gasteiger partial charge is 0.244 e. The zero-order valence-corrected chi connectivity index (χ0v) is 14.4. The Morgan fingerprint density at radius 1 is 1.31 bits per heavy atom. The van der Waals surface area contributed by atoms with Gasteiger partial charge in [-0.1, -0.05) is 35.5 Å². The zero-order valence-electron chi connectivity index (χ0n) is 14.4. The molecule has 1 aliphatic rings. The van der Waals surface area contributed by atoms with E-state index in [2.05, 4.69) is 15.0 Å². The molecule has 1 atom stereocenters. The van der Waals surface area contributed by atoms with Crippen molar-refractivity contribution in [1.82, 2.24) is 15.0 Å². The molecule has 0 radical (unpaired) electrons. The van der Waals surface area contributed by atoms with Gasteiger partial charge in [-0.15, -0.1) is 0 Å². The molecule has 0 spiro atoms. The summed E-state index contributed by atoms with van der Waals surface area (Å²) in [7, 11) is 1.45. The molecule has 1 fully saturated rings. The highest BCUT2D eigenvalue weighted by atomic mass is 16.5. The fourth-order valence-electron chi connectivity index (χ4n) is 3.24. The molecule has 0 saturated carbocycles. The fourth-order valence-corrected chi connectivity index (χ4v) is 3.24. The van der Waals surface area contributed by atoms with E-state index in [1.54, 1.807) is 0 Å². The van der Waals surface area contributed by atoms with Crippen molar-refractivity contribution in [2.75, 3.05) is 13.7 Å². The van der Waals surface area contributed by atoms with Gasteiger partial charge in [0.1, 0.15) is 12.0 Å². The molecule has 26 heavy (non-hydrogen) atoms. The van der Waals surface area contributed by atoms with E-state index < -0.39 is 0 Å². The Morgan fingerprint density at radius 2 is 2.15 bits per heavy atom. The first-order valence-corrected chi connectivity index (χ1v) is 8.53. The number of nitrogens with zero attached hydrogens (tertiary/aromatic N) is 3. The van der Waals surface area contributed by atoms with Crippen LogP contribution >= 0.6 is 0 Å². The number of likely N-dealkylation sites (tertiary alicyclic amines) is 1. The van der Waals surface area contributed by atoms with Crippen molar-refractivity contribution in [2.45, 2.75) is 25.4 Å². The van der Waals surface area contributed by atoms with Crippen molar-refractivity contribution < 1.29 is 13.7 Å². The maximum absolute atomic E-state index is 11.9. The maximum Gasteiger partial charge on any atom is 0.244 e.